The maximum Gasteiger partial charge on any atom is 0.241 e. The van der Waals surface area contributed by atoms with Gasteiger partial charge in [0.15, 0.2) is 0 Å². The highest BCUT2D eigenvalue weighted by Crippen LogP contribution is 2.30. The minimum atomic E-state index is -3.62. The summed E-state index contributed by atoms with van der Waals surface area (Å²) in [5.41, 5.74) is 1.46. The van der Waals surface area contributed by atoms with Crippen LogP contribution in [0.15, 0.2) is 23.1 Å². The lowest BCUT2D eigenvalue weighted by molar-refractivity contribution is 0.338. The normalized spacial score (nSPS) is 20.7. The molecule has 112 valence electrons. The van der Waals surface area contributed by atoms with E-state index in [2.05, 4.69) is 10.8 Å². The zero-order chi connectivity index (χ0) is 14.9. The zero-order valence-electron chi connectivity index (χ0n) is 12.1. The predicted octanol–water partition coefficient (Wildman–Crippen LogP) is 2.68. The van der Waals surface area contributed by atoms with Crippen molar-refractivity contribution >= 4 is 10.0 Å². The Balaban J connectivity index is 1.88. The van der Waals surface area contributed by atoms with Gasteiger partial charge >= 0.3 is 0 Å². The summed E-state index contributed by atoms with van der Waals surface area (Å²) >= 11 is 0. The quantitative estimate of drug-likeness (QED) is 0.933. The molecule has 0 atom stereocenters. The highest BCUT2D eigenvalue weighted by Gasteiger charge is 2.36. The van der Waals surface area contributed by atoms with Crippen LogP contribution in [0.5, 0.6) is 0 Å². The van der Waals surface area contributed by atoms with Gasteiger partial charge in [-0.1, -0.05) is 25.3 Å². The first kappa shape index (κ1) is 14.6. The van der Waals surface area contributed by atoms with Crippen molar-refractivity contribution in [1.29, 1.82) is 5.26 Å². The molecule has 0 amide bonds. The fraction of sp³-hybridized carbons (Fsp3) is 0.562. The first-order valence-electron chi connectivity index (χ1n) is 7.62. The predicted molar refractivity (Wildman–Crippen MR) is 80.2 cm³/mol. The van der Waals surface area contributed by atoms with E-state index in [0.717, 1.165) is 44.1 Å². The number of nitrogens with one attached hydrogen (secondary N) is 1. The standard InChI is InChI=1S/C16H20N2O2S/c17-12-16(9-2-1-3-10-16)18-21(19,20)15-8-7-13-5-4-6-14(13)11-15/h7-8,11,18H,1-6,9-10H2. The van der Waals surface area contributed by atoms with Gasteiger partial charge in [-0.25, -0.2) is 8.42 Å². The van der Waals surface area contributed by atoms with Gasteiger partial charge in [-0.15, -0.1) is 0 Å². The van der Waals surface area contributed by atoms with E-state index in [1.54, 1.807) is 12.1 Å². The van der Waals surface area contributed by atoms with Crippen molar-refractivity contribution in [2.45, 2.75) is 61.8 Å². The van der Waals surface area contributed by atoms with Gasteiger partial charge in [-0.2, -0.15) is 9.98 Å². The molecule has 0 heterocycles. The van der Waals surface area contributed by atoms with Crippen molar-refractivity contribution in [3.8, 4) is 6.07 Å². The lowest BCUT2D eigenvalue weighted by atomic mass is 9.84. The maximum atomic E-state index is 12.6. The van der Waals surface area contributed by atoms with Crippen LogP contribution < -0.4 is 4.72 Å². The van der Waals surface area contributed by atoms with E-state index < -0.39 is 15.6 Å². The monoisotopic (exact) mass is 304 g/mol. The van der Waals surface area contributed by atoms with Crippen LogP contribution in [-0.2, 0) is 22.9 Å². The summed E-state index contributed by atoms with van der Waals surface area (Å²) in [4.78, 5) is 0.295. The lowest BCUT2D eigenvalue weighted by Gasteiger charge is -2.31. The van der Waals surface area contributed by atoms with E-state index >= 15 is 0 Å². The third-order valence-electron chi connectivity index (χ3n) is 4.63. The van der Waals surface area contributed by atoms with E-state index in [1.807, 2.05) is 6.07 Å². The molecule has 5 heteroatoms. The third kappa shape index (κ3) is 2.83. The number of hydrogen-bond acceptors (Lipinski definition) is 3. The number of benzene rings is 1. The topological polar surface area (TPSA) is 70.0 Å². The average Bonchev–Trinajstić information content (AvgIpc) is 2.95. The summed E-state index contributed by atoms with van der Waals surface area (Å²) in [6, 6.07) is 7.56. The Morgan fingerprint density at radius 3 is 2.48 bits per heavy atom. The third-order valence-corrected chi connectivity index (χ3v) is 6.17. The van der Waals surface area contributed by atoms with Gasteiger partial charge in [-0.3, -0.25) is 0 Å². The fourth-order valence-corrected chi connectivity index (χ4v) is 4.85. The van der Waals surface area contributed by atoms with Gasteiger partial charge < -0.3 is 0 Å². The summed E-state index contributed by atoms with van der Waals surface area (Å²) in [5.74, 6) is 0. The number of sulfonamides is 1. The van der Waals surface area contributed by atoms with Crippen LogP contribution in [0.1, 0.15) is 49.7 Å². The highest BCUT2D eigenvalue weighted by atomic mass is 32.2. The van der Waals surface area contributed by atoms with E-state index in [0.29, 0.717) is 17.7 Å². The summed E-state index contributed by atoms with van der Waals surface area (Å²) in [5, 5.41) is 9.43. The fourth-order valence-electron chi connectivity index (χ4n) is 3.42. The number of nitriles is 1. The molecule has 2 aliphatic carbocycles. The molecule has 0 bridgehead atoms. The second-order valence-corrected chi connectivity index (χ2v) is 7.83. The number of rotatable bonds is 3. The largest absolute Gasteiger partial charge is 0.241 e. The molecule has 0 saturated heterocycles. The van der Waals surface area contributed by atoms with Crippen LogP contribution in [0, 0.1) is 11.3 Å². The molecular formula is C16H20N2O2S. The van der Waals surface area contributed by atoms with Crippen molar-refractivity contribution in [2.75, 3.05) is 0 Å². The smallest absolute Gasteiger partial charge is 0.207 e. The summed E-state index contributed by atoms with van der Waals surface area (Å²) in [6.07, 6.45) is 7.16. The van der Waals surface area contributed by atoms with Crippen LogP contribution in [0.3, 0.4) is 0 Å². The molecule has 0 aliphatic heterocycles. The van der Waals surface area contributed by atoms with Crippen LogP contribution >= 0.6 is 0 Å². The molecule has 1 fully saturated rings. The van der Waals surface area contributed by atoms with Crippen molar-refractivity contribution in [3.63, 3.8) is 0 Å². The molecular weight excluding hydrogens is 284 g/mol. The van der Waals surface area contributed by atoms with Crippen molar-refractivity contribution in [1.82, 2.24) is 4.72 Å². The average molecular weight is 304 g/mol. The van der Waals surface area contributed by atoms with Gasteiger partial charge in [0, 0.05) is 0 Å². The van der Waals surface area contributed by atoms with Gasteiger partial charge in [-0.05, 0) is 55.4 Å². The molecule has 21 heavy (non-hydrogen) atoms. The number of hydrogen-bond donors (Lipinski definition) is 1. The Kier molecular flexibility index (Phi) is 3.76. The first-order valence-corrected chi connectivity index (χ1v) is 9.10. The summed E-state index contributed by atoms with van der Waals surface area (Å²) in [6.45, 7) is 0. The van der Waals surface area contributed by atoms with E-state index in [-0.39, 0.29) is 0 Å². The molecule has 0 unspecified atom stereocenters. The van der Waals surface area contributed by atoms with Gasteiger partial charge in [0.1, 0.15) is 5.54 Å². The second-order valence-electron chi connectivity index (χ2n) is 6.14. The van der Waals surface area contributed by atoms with Crippen LogP contribution in [0.2, 0.25) is 0 Å². The maximum absolute atomic E-state index is 12.6. The molecule has 2 aliphatic rings. The van der Waals surface area contributed by atoms with Gasteiger partial charge in [0.25, 0.3) is 0 Å². The van der Waals surface area contributed by atoms with E-state index in [9.17, 15) is 13.7 Å². The van der Waals surface area contributed by atoms with E-state index in [1.165, 1.54) is 5.56 Å². The molecule has 1 saturated carbocycles. The number of fused-ring (bicyclic) bond motifs is 1. The molecule has 3 rings (SSSR count). The Morgan fingerprint density at radius 1 is 1.05 bits per heavy atom. The Morgan fingerprint density at radius 2 is 1.76 bits per heavy atom. The van der Waals surface area contributed by atoms with E-state index in [4.69, 9.17) is 0 Å². The number of nitrogens with zero attached hydrogens (tertiary/aromatic N) is 1. The molecule has 0 spiro atoms. The molecule has 1 aromatic rings. The van der Waals surface area contributed by atoms with Crippen molar-refractivity contribution in [3.05, 3.63) is 29.3 Å². The van der Waals surface area contributed by atoms with Crippen molar-refractivity contribution in [2.24, 2.45) is 0 Å². The SMILES string of the molecule is N#CC1(NS(=O)(=O)c2ccc3c(c2)CCC3)CCCCC1. The van der Waals surface area contributed by atoms with Crippen molar-refractivity contribution < 1.29 is 8.42 Å². The van der Waals surface area contributed by atoms with Crippen LogP contribution in [-0.4, -0.2) is 14.0 Å². The highest BCUT2D eigenvalue weighted by molar-refractivity contribution is 7.89. The van der Waals surface area contributed by atoms with Gasteiger partial charge in [0.2, 0.25) is 10.0 Å². The number of aryl methyl sites for hydroxylation is 2. The molecule has 1 N–H and O–H groups in total. The Hall–Kier alpha value is -1.38. The molecule has 4 nitrogen and oxygen atoms in total. The summed E-state index contributed by atoms with van der Waals surface area (Å²) < 4.78 is 27.9. The minimum Gasteiger partial charge on any atom is -0.207 e. The first-order chi connectivity index (χ1) is 10.0. The Bertz CT molecular complexity index is 683. The van der Waals surface area contributed by atoms with Gasteiger partial charge in [0.05, 0.1) is 11.0 Å². The minimum absolute atomic E-state index is 0.295. The second kappa shape index (κ2) is 5.43. The Labute approximate surface area is 126 Å². The summed E-state index contributed by atoms with van der Waals surface area (Å²) in [7, 11) is -3.62. The molecule has 1 aromatic carbocycles. The lowest BCUT2D eigenvalue weighted by Crippen LogP contribution is -2.48. The van der Waals surface area contributed by atoms with Crippen LogP contribution in [0.4, 0.5) is 0 Å². The zero-order valence-corrected chi connectivity index (χ0v) is 12.9. The molecule has 0 aromatic heterocycles. The molecule has 0 radical (unpaired) electrons. The van der Waals surface area contributed by atoms with Crippen LogP contribution in [0.25, 0.3) is 0 Å².